The maximum atomic E-state index is 5.66. The first-order valence-corrected chi connectivity index (χ1v) is 5.52. The number of rotatable bonds is 4. The average Bonchev–Trinajstić information content (AvgIpc) is 2.53. The van der Waals surface area contributed by atoms with Gasteiger partial charge in [0.1, 0.15) is 0 Å². The smallest absolute Gasteiger partial charge is 0.0106 e. The van der Waals surface area contributed by atoms with E-state index in [1.165, 1.54) is 10.4 Å². The van der Waals surface area contributed by atoms with Gasteiger partial charge in [-0.1, -0.05) is 6.92 Å². The van der Waals surface area contributed by atoms with Crippen molar-refractivity contribution in [1.82, 2.24) is 0 Å². The lowest BCUT2D eigenvalue weighted by atomic mass is 9.91. The second-order valence-corrected chi connectivity index (χ2v) is 4.44. The summed E-state index contributed by atoms with van der Waals surface area (Å²) in [6.45, 7) is 5.71. The van der Waals surface area contributed by atoms with Crippen LogP contribution in [0.2, 0.25) is 0 Å². The molecule has 1 unspecified atom stereocenters. The Morgan fingerprint density at radius 3 is 2.38 bits per heavy atom. The molecule has 0 aliphatic heterocycles. The van der Waals surface area contributed by atoms with Gasteiger partial charge < -0.3 is 11.5 Å². The van der Waals surface area contributed by atoms with Gasteiger partial charge in [0.25, 0.3) is 0 Å². The van der Waals surface area contributed by atoms with Crippen molar-refractivity contribution in [2.45, 2.75) is 19.8 Å². The largest absolute Gasteiger partial charge is 0.330 e. The van der Waals surface area contributed by atoms with Gasteiger partial charge in [-0.3, -0.25) is 0 Å². The summed E-state index contributed by atoms with van der Waals surface area (Å²) in [7, 11) is 0. The summed E-state index contributed by atoms with van der Waals surface area (Å²) in [4.78, 5) is 1.43. The maximum Gasteiger partial charge on any atom is 0.0106 e. The van der Waals surface area contributed by atoms with E-state index in [4.69, 9.17) is 11.5 Å². The van der Waals surface area contributed by atoms with Gasteiger partial charge in [0.2, 0.25) is 0 Å². The first kappa shape index (κ1) is 10.7. The number of hydrogen-bond acceptors (Lipinski definition) is 3. The molecule has 3 heteroatoms. The molecular weight excluding hydrogens is 180 g/mol. The van der Waals surface area contributed by atoms with Crippen LogP contribution in [0.15, 0.2) is 11.4 Å². The minimum atomic E-state index is 0.414. The molecule has 74 valence electrons. The predicted molar refractivity (Wildman–Crippen MR) is 59.1 cm³/mol. The molecule has 0 amide bonds. The molecule has 0 fully saturated rings. The summed E-state index contributed by atoms with van der Waals surface area (Å²) in [6, 6.07) is 2.15. The minimum absolute atomic E-state index is 0.414. The molecule has 1 aromatic rings. The Balaban J connectivity index is 2.77. The first-order valence-electron chi connectivity index (χ1n) is 4.64. The molecule has 0 aliphatic carbocycles. The molecule has 13 heavy (non-hydrogen) atoms. The highest BCUT2D eigenvalue weighted by Crippen LogP contribution is 2.30. The molecule has 1 atom stereocenters. The highest BCUT2D eigenvalue weighted by atomic mass is 32.1. The van der Waals surface area contributed by atoms with Crippen molar-refractivity contribution in [3.05, 3.63) is 21.9 Å². The minimum Gasteiger partial charge on any atom is -0.330 e. The molecule has 4 N–H and O–H groups in total. The Kier molecular flexibility index (Phi) is 3.90. The van der Waals surface area contributed by atoms with Crippen LogP contribution < -0.4 is 11.5 Å². The van der Waals surface area contributed by atoms with E-state index in [9.17, 15) is 0 Å². The molecule has 0 spiro atoms. The molecular formula is C10H18N2S. The number of aryl methyl sites for hydroxylation is 1. The SMILES string of the molecule is Cc1ccsc1C(C)C(CN)CN. The second kappa shape index (κ2) is 4.74. The van der Waals surface area contributed by atoms with E-state index in [0.29, 0.717) is 24.9 Å². The zero-order chi connectivity index (χ0) is 9.84. The van der Waals surface area contributed by atoms with E-state index in [2.05, 4.69) is 25.3 Å². The molecule has 0 saturated heterocycles. The predicted octanol–water partition coefficient (Wildman–Crippen LogP) is 1.69. The summed E-state index contributed by atoms with van der Waals surface area (Å²) in [5, 5.41) is 2.13. The molecule has 0 aromatic carbocycles. The lowest BCUT2D eigenvalue weighted by molar-refractivity contribution is 0.471. The van der Waals surface area contributed by atoms with E-state index >= 15 is 0 Å². The zero-order valence-electron chi connectivity index (χ0n) is 8.29. The average molecular weight is 198 g/mol. The van der Waals surface area contributed by atoms with Gasteiger partial charge in [-0.2, -0.15) is 0 Å². The third-order valence-electron chi connectivity index (χ3n) is 2.63. The fraction of sp³-hybridized carbons (Fsp3) is 0.600. The summed E-state index contributed by atoms with van der Waals surface area (Å²) in [5.74, 6) is 0.910. The molecule has 0 radical (unpaired) electrons. The first-order chi connectivity index (χ1) is 6.20. The Hall–Kier alpha value is -0.380. The van der Waals surface area contributed by atoms with Crippen LogP contribution in [0.25, 0.3) is 0 Å². The topological polar surface area (TPSA) is 52.0 Å². The van der Waals surface area contributed by atoms with Crippen LogP contribution in [0.1, 0.15) is 23.3 Å². The molecule has 0 saturated carbocycles. The zero-order valence-corrected chi connectivity index (χ0v) is 9.10. The Morgan fingerprint density at radius 1 is 1.38 bits per heavy atom. The Bertz CT molecular complexity index is 253. The molecule has 0 aliphatic rings. The maximum absolute atomic E-state index is 5.66. The summed E-state index contributed by atoms with van der Waals surface area (Å²) in [5.41, 5.74) is 12.7. The highest BCUT2D eigenvalue weighted by Gasteiger charge is 2.18. The molecule has 0 bridgehead atoms. The van der Waals surface area contributed by atoms with Gasteiger partial charge in [0.05, 0.1) is 0 Å². The third kappa shape index (κ3) is 2.30. The fourth-order valence-electron chi connectivity index (χ4n) is 1.57. The van der Waals surface area contributed by atoms with Crippen molar-refractivity contribution in [2.24, 2.45) is 17.4 Å². The third-order valence-corrected chi connectivity index (χ3v) is 3.85. The van der Waals surface area contributed by atoms with Gasteiger partial charge >= 0.3 is 0 Å². The lowest BCUT2D eigenvalue weighted by Crippen LogP contribution is -2.27. The Morgan fingerprint density at radius 2 is 2.00 bits per heavy atom. The molecule has 1 heterocycles. The number of thiophene rings is 1. The molecule has 1 aromatic heterocycles. The van der Waals surface area contributed by atoms with E-state index in [-0.39, 0.29) is 0 Å². The van der Waals surface area contributed by atoms with Crippen molar-refractivity contribution in [2.75, 3.05) is 13.1 Å². The van der Waals surface area contributed by atoms with Gasteiger partial charge in [-0.05, 0) is 48.9 Å². The summed E-state index contributed by atoms with van der Waals surface area (Å²) in [6.07, 6.45) is 0. The van der Waals surface area contributed by atoms with Gasteiger partial charge in [0.15, 0.2) is 0 Å². The monoisotopic (exact) mass is 198 g/mol. The van der Waals surface area contributed by atoms with Crippen LogP contribution in [0.4, 0.5) is 0 Å². The van der Waals surface area contributed by atoms with Crippen molar-refractivity contribution < 1.29 is 0 Å². The van der Waals surface area contributed by atoms with Crippen LogP contribution in [-0.4, -0.2) is 13.1 Å². The normalized spacial score (nSPS) is 13.6. The summed E-state index contributed by atoms with van der Waals surface area (Å²) >= 11 is 1.81. The standard InChI is InChI=1S/C10H18N2S/c1-7-3-4-13-10(7)8(2)9(5-11)6-12/h3-4,8-9H,5-6,11-12H2,1-2H3. The van der Waals surface area contributed by atoms with Gasteiger partial charge in [0, 0.05) is 4.88 Å². The van der Waals surface area contributed by atoms with Gasteiger partial charge in [-0.25, -0.2) is 0 Å². The molecule has 1 rings (SSSR count). The van der Waals surface area contributed by atoms with Crippen LogP contribution in [0, 0.1) is 12.8 Å². The van der Waals surface area contributed by atoms with E-state index in [1.54, 1.807) is 11.3 Å². The quantitative estimate of drug-likeness (QED) is 0.773. The lowest BCUT2D eigenvalue weighted by Gasteiger charge is -2.20. The fourth-order valence-corrected chi connectivity index (χ4v) is 2.65. The van der Waals surface area contributed by atoms with Crippen molar-refractivity contribution in [3.8, 4) is 0 Å². The van der Waals surface area contributed by atoms with Crippen LogP contribution >= 0.6 is 11.3 Å². The summed E-state index contributed by atoms with van der Waals surface area (Å²) < 4.78 is 0. The van der Waals surface area contributed by atoms with Crippen molar-refractivity contribution in [1.29, 1.82) is 0 Å². The van der Waals surface area contributed by atoms with Crippen LogP contribution in [0.3, 0.4) is 0 Å². The van der Waals surface area contributed by atoms with E-state index < -0.39 is 0 Å². The van der Waals surface area contributed by atoms with Crippen LogP contribution in [-0.2, 0) is 0 Å². The second-order valence-electron chi connectivity index (χ2n) is 3.49. The Labute approximate surface area is 83.9 Å². The highest BCUT2D eigenvalue weighted by molar-refractivity contribution is 7.10. The van der Waals surface area contributed by atoms with Crippen LogP contribution in [0.5, 0.6) is 0 Å². The number of nitrogens with two attached hydrogens (primary N) is 2. The van der Waals surface area contributed by atoms with E-state index in [1.807, 2.05) is 0 Å². The molecule has 2 nitrogen and oxygen atoms in total. The van der Waals surface area contributed by atoms with Crippen molar-refractivity contribution in [3.63, 3.8) is 0 Å². The van der Waals surface area contributed by atoms with Crippen molar-refractivity contribution >= 4 is 11.3 Å². The van der Waals surface area contributed by atoms with Gasteiger partial charge in [-0.15, -0.1) is 11.3 Å². The number of hydrogen-bond donors (Lipinski definition) is 2. The van der Waals surface area contributed by atoms with E-state index in [0.717, 1.165) is 0 Å².